The van der Waals surface area contributed by atoms with Gasteiger partial charge in [0, 0.05) is 0 Å². The van der Waals surface area contributed by atoms with Gasteiger partial charge in [-0.15, -0.1) is 0 Å². The lowest BCUT2D eigenvalue weighted by atomic mass is 9.97. The molecule has 17 heavy (non-hydrogen) atoms. The SMILES string of the molecule is CC(C)(C)CNCCCCCCCCCCN. The highest BCUT2D eigenvalue weighted by Gasteiger charge is 2.07. The van der Waals surface area contributed by atoms with Crippen LogP contribution in [0.5, 0.6) is 0 Å². The molecule has 0 aromatic rings. The van der Waals surface area contributed by atoms with Crippen LogP contribution in [0.25, 0.3) is 0 Å². The highest BCUT2D eigenvalue weighted by atomic mass is 14.9. The van der Waals surface area contributed by atoms with Crippen molar-refractivity contribution in [1.29, 1.82) is 0 Å². The molecule has 2 nitrogen and oxygen atoms in total. The van der Waals surface area contributed by atoms with Gasteiger partial charge in [-0.2, -0.15) is 0 Å². The summed E-state index contributed by atoms with van der Waals surface area (Å²) in [7, 11) is 0. The van der Waals surface area contributed by atoms with E-state index in [4.69, 9.17) is 5.73 Å². The molecule has 0 aromatic carbocycles. The molecular formula is C15H34N2. The summed E-state index contributed by atoms with van der Waals surface area (Å²) in [6, 6.07) is 0. The molecule has 0 saturated heterocycles. The molecule has 0 aliphatic heterocycles. The van der Waals surface area contributed by atoms with E-state index in [1.807, 2.05) is 0 Å². The van der Waals surface area contributed by atoms with E-state index in [2.05, 4.69) is 26.1 Å². The molecule has 3 N–H and O–H groups in total. The van der Waals surface area contributed by atoms with Gasteiger partial charge in [0.1, 0.15) is 0 Å². The Morgan fingerprint density at radius 2 is 1.24 bits per heavy atom. The fourth-order valence-electron chi connectivity index (χ4n) is 1.92. The first kappa shape index (κ1) is 16.9. The third-order valence-corrected chi connectivity index (χ3v) is 2.96. The Balaban J connectivity index is 2.99. The number of nitrogens with one attached hydrogen (secondary N) is 1. The van der Waals surface area contributed by atoms with Crippen molar-refractivity contribution in [2.75, 3.05) is 19.6 Å². The first-order valence-electron chi connectivity index (χ1n) is 7.47. The first-order valence-corrected chi connectivity index (χ1v) is 7.47. The molecule has 0 heterocycles. The molecule has 0 amide bonds. The van der Waals surface area contributed by atoms with E-state index in [1.165, 1.54) is 57.9 Å². The first-order chi connectivity index (χ1) is 8.06. The Hall–Kier alpha value is -0.0800. The van der Waals surface area contributed by atoms with Crippen LogP contribution in [0.4, 0.5) is 0 Å². The second-order valence-corrected chi connectivity index (χ2v) is 6.35. The zero-order valence-corrected chi connectivity index (χ0v) is 12.4. The quantitative estimate of drug-likeness (QED) is 0.542. The maximum Gasteiger partial charge on any atom is -0.0000126 e. The lowest BCUT2D eigenvalue weighted by Crippen LogP contribution is -2.27. The summed E-state index contributed by atoms with van der Waals surface area (Å²) in [5.74, 6) is 0. The number of nitrogens with two attached hydrogens (primary N) is 1. The Morgan fingerprint density at radius 1 is 0.765 bits per heavy atom. The average molecular weight is 242 g/mol. The molecule has 0 radical (unpaired) electrons. The van der Waals surface area contributed by atoms with E-state index in [0.717, 1.165) is 13.1 Å². The average Bonchev–Trinajstić information content (AvgIpc) is 2.24. The number of hydrogen-bond acceptors (Lipinski definition) is 2. The van der Waals surface area contributed by atoms with Crippen molar-refractivity contribution < 1.29 is 0 Å². The van der Waals surface area contributed by atoms with Crippen molar-refractivity contribution in [1.82, 2.24) is 5.32 Å². The Morgan fingerprint density at radius 3 is 1.71 bits per heavy atom. The fraction of sp³-hybridized carbons (Fsp3) is 1.00. The van der Waals surface area contributed by atoms with Gasteiger partial charge in [0.25, 0.3) is 0 Å². The van der Waals surface area contributed by atoms with Crippen LogP contribution >= 0.6 is 0 Å². The van der Waals surface area contributed by atoms with Crippen molar-refractivity contribution in [3.05, 3.63) is 0 Å². The maximum atomic E-state index is 5.46. The standard InChI is InChI=1S/C15H34N2/c1-15(2,3)14-17-13-11-9-7-5-4-6-8-10-12-16/h17H,4-14,16H2,1-3H3. The van der Waals surface area contributed by atoms with E-state index in [1.54, 1.807) is 0 Å². The van der Waals surface area contributed by atoms with E-state index in [0.29, 0.717) is 5.41 Å². The van der Waals surface area contributed by atoms with Crippen molar-refractivity contribution in [2.45, 2.75) is 72.1 Å². The van der Waals surface area contributed by atoms with Gasteiger partial charge in [-0.1, -0.05) is 59.3 Å². The molecule has 0 rings (SSSR count). The minimum atomic E-state index is 0.420. The van der Waals surface area contributed by atoms with Gasteiger partial charge >= 0.3 is 0 Å². The zero-order valence-electron chi connectivity index (χ0n) is 12.4. The maximum absolute atomic E-state index is 5.46. The van der Waals surface area contributed by atoms with E-state index >= 15 is 0 Å². The third kappa shape index (κ3) is 15.9. The number of rotatable bonds is 11. The van der Waals surface area contributed by atoms with Crippen molar-refractivity contribution >= 4 is 0 Å². The molecule has 0 spiro atoms. The minimum Gasteiger partial charge on any atom is -0.330 e. The Bertz CT molecular complexity index is 149. The lowest BCUT2D eigenvalue weighted by molar-refractivity contribution is 0.377. The third-order valence-electron chi connectivity index (χ3n) is 2.96. The predicted molar refractivity (Wildman–Crippen MR) is 78.3 cm³/mol. The smallest absolute Gasteiger partial charge is 0.0000126 e. The molecular weight excluding hydrogens is 208 g/mol. The summed E-state index contributed by atoms with van der Waals surface area (Å²) in [5, 5.41) is 3.53. The van der Waals surface area contributed by atoms with Crippen LogP contribution in [0.3, 0.4) is 0 Å². The summed E-state index contributed by atoms with van der Waals surface area (Å²) >= 11 is 0. The normalized spacial score (nSPS) is 12.0. The molecule has 0 bridgehead atoms. The molecule has 2 heteroatoms. The van der Waals surface area contributed by atoms with E-state index < -0.39 is 0 Å². The van der Waals surface area contributed by atoms with Crippen LogP contribution in [0, 0.1) is 5.41 Å². The van der Waals surface area contributed by atoms with Crippen LogP contribution in [-0.2, 0) is 0 Å². The molecule has 0 aromatic heterocycles. The van der Waals surface area contributed by atoms with Crippen molar-refractivity contribution in [2.24, 2.45) is 11.1 Å². The zero-order chi connectivity index (χ0) is 13.0. The van der Waals surface area contributed by atoms with Crippen LogP contribution in [-0.4, -0.2) is 19.6 Å². The largest absolute Gasteiger partial charge is 0.330 e. The van der Waals surface area contributed by atoms with E-state index in [-0.39, 0.29) is 0 Å². The molecule has 0 saturated carbocycles. The molecule has 0 aliphatic carbocycles. The Kier molecular flexibility index (Phi) is 11.0. The lowest BCUT2D eigenvalue weighted by Gasteiger charge is -2.18. The Labute approximate surface area is 109 Å². The summed E-state index contributed by atoms with van der Waals surface area (Å²) in [5.41, 5.74) is 5.88. The molecule has 0 unspecified atom stereocenters. The number of unbranched alkanes of at least 4 members (excludes halogenated alkanes) is 7. The van der Waals surface area contributed by atoms with Gasteiger partial charge in [-0.3, -0.25) is 0 Å². The van der Waals surface area contributed by atoms with Crippen LogP contribution in [0.2, 0.25) is 0 Å². The highest BCUT2D eigenvalue weighted by Crippen LogP contribution is 2.11. The van der Waals surface area contributed by atoms with Gasteiger partial charge in [-0.05, 0) is 37.9 Å². The molecule has 104 valence electrons. The minimum absolute atomic E-state index is 0.420. The van der Waals surface area contributed by atoms with Crippen LogP contribution in [0.15, 0.2) is 0 Å². The summed E-state index contributed by atoms with van der Waals surface area (Å²) in [6.45, 7) is 10.0. The van der Waals surface area contributed by atoms with Gasteiger partial charge in [-0.25, -0.2) is 0 Å². The molecule has 0 aliphatic rings. The van der Waals surface area contributed by atoms with Gasteiger partial charge < -0.3 is 11.1 Å². The summed E-state index contributed by atoms with van der Waals surface area (Å²) < 4.78 is 0. The second kappa shape index (κ2) is 11.0. The predicted octanol–water partition coefficient (Wildman–Crippen LogP) is 3.70. The number of hydrogen-bond donors (Lipinski definition) is 2. The van der Waals surface area contributed by atoms with Gasteiger partial charge in [0.15, 0.2) is 0 Å². The molecule has 0 fully saturated rings. The van der Waals surface area contributed by atoms with Gasteiger partial charge in [0.05, 0.1) is 0 Å². The second-order valence-electron chi connectivity index (χ2n) is 6.35. The monoisotopic (exact) mass is 242 g/mol. The molecule has 0 atom stereocenters. The van der Waals surface area contributed by atoms with Gasteiger partial charge in [0.2, 0.25) is 0 Å². The van der Waals surface area contributed by atoms with Crippen LogP contribution in [0.1, 0.15) is 72.1 Å². The summed E-state index contributed by atoms with van der Waals surface area (Å²) in [6.07, 6.45) is 10.8. The topological polar surface area (TPSA) is 38.0 Å². The van der Waals surface area contributed by atoms with Crippen molar-refractivity contribution in [3.63, 3.8) is 0 Å². The van der Waals surface area contributed by atoms with Crippen molar-refractivity contribution in [3.8, 4) is 0 Å². The van der Waals surface area contributed by atoms with E-state index in [9.17, 15) is 0 Å². The summed E-state index contributed by atoms with van der Waals surface area (Å²) in [4.78, 5) is 0. The van der Waals surface area contributed by atoms with Crippen LogP contribution < -0.4 is 11.1 Å². The highest BCUT2D eigenvalue weighted by molar-refractivity contribution is 4.64. The fourth-order valence-corrected chi connectivity index (χ4v) is 1.92.